The van der Waals surface area contributed by atoms with E-state index in [9.17, 15) is 9.59 Å². The van der Waals surface area contributed by atoms with Gasteiger partial charge in [-0.05, 0) is 64.9 Å². The molecule has 190 valence electrons. The maximum Gasteiger partial charge on any atom is 0.407 e. The summed E-state index contributed by atoms with van der Waals surface area (Å²) >= 11 is 0. The molecular formula is C26H40N2O6. The Balaban J connectivity index is 1.35. The van der Waals surface area contributed by atoms with Crippen LogP contribution in [0, 0.1) is 5.41 Å². The van der Waals surface area contributed by atoms with E-state index in [0.717, 1.165) is 12.0 Å². The lowest BCUT2D eigenvalue weighted by Gasteiger charge is -2.40. The maximum atomic E-state index is 12.1. The van der Waals surface area contributed by atoms with Crippen molar-refractivity contribution >= 4 is 12.0 Å². The number of nitrogens with one attached hydrogen (secondary N) is 2. The fourth-order valence-electron chi connectivity index (χ4n) is 4.67. The summed E-state index contributed by atoms with van der Waals surface area (Å²) in [5.41, 5.74) is 1.61. The third-order valence-electron chi connectivity index (χ3n) is 6.40. The molecule has 0 bridgehead atoms. The van der Waals surface area contributed by atoms with Crippen molar-refractivity contribution in [3.63, 3.8) is 0 Å². The third kappa shape index (κ3) is 8.56. The normalized spacial score (nSPS) is 29.2. The van der Waals surface area contributed by atoms with Gasteiger partial charge in [0.05, 0.1) is 31.0 Å². The summed E-state index contributed by atoms with van der Waals surface area (Å²) in [6.07, 6.45) is 13.7. The Morgan fingerprint density at radius 3 is 2.53 bits per heavy atom. The smallest absolute Gasteiger partial charge is 0.407 e. The Morgan fingerprint density at radius 1 is 1.18 bits per heavy atom. The van der Waals surface area contributed by atoms with Crippen LogP contribution in [0.3, 0.4) is 0 Å². The van der Waals surface area contributed by atoms with Gasteiger partial charge in [0.15, 0.2) is 6.29 Å². The van der Waals surface area contributed by atoms with Gasteiger partial charge in [-0.2, -0.15) is 0 Å². The van der Waals surface area contributed by atoms with Gasteiger partial charge < -0.3 is 29.6 Å². The lowest BCUT2D eigenvalue weighted by molar-refractivity contribution is -0.187. The number of alkyl carbamates (subject to hydrolysis) is 1. The highest BCUT2D eigenvalue weighted by Gasteiger charge is 2.51. The predicted octanol–water partition coefficient (Wildman–Crippen LogP) is 3.78. The van der Waals surface area contributed by atoms with Crippen LogP contribution in [0.4, 0.5) is 4.79 Å². The molecule has 8 nitrogen and oxygen atoms in total. The van der Waals surface area contributed by atoms with Crippen molar-refractivity contribution in [1.29, 1.82) is 0 Å². The number of allylic oxidation sites excluding steroid dienone is 2. The fraction of sp³-hybridized carbons (Fsp3) is 0.692. The second-order valence-corrected chi connectivity index (χ2v) is 10.4. The van der Waals surface area contributed by atoms with Crippen LogP contribution < -0.4 is 10.6 Å². The van der Waals surface area contributed by atoms with Gasteiger partial charge >= 0.3 is 6.09 Å². The zero-order valence-electron chi connectivity index (χ0n) is 21.1. The average molecular weight is 477 g/mol. The molecule has 3 rings (SSSR count). The van der Waals surface area contributed by atoms with Gasteiger partial charge in [-0.3, -0.25) is 4.79 Å². The lowest BCUT2D eigenvalue weighted by atomic mass is 9.82. The summed E-state index contributed by atoms with van der Waals surface area (Å²) in [5, 5.41) is 5.19. The number of carbonyl (C=O) groups is 2. The minimum absolute atomic E-state index is 0.0511. The molecule has 2 aliphatic heterocycles. The van der Waals surface area contributed by atoms with Crippen molar-refractivity contribution in [3.05, 3.63) is 36.0 Å². The predicted molar refractivity (Wildman–Crippen MR) is 129 cm³/mol. The quantitative estimate of drug-likeness (QED) is 0.409. The molecule has 0 aromatic rings. The van der Waals surface area contributed by atoms with Gasteiger partial charge in [-0.15, -0.1) is 0 Å². The van der Waals surface area contributed by atoms with Crippen molar-refractivity contribution in [2.24, 2.45) is 5.41 Å². The van der Waals surface area contributed by atoms with Crippen molar-refractivity contribution in [3.8, 4) is 0 Å². The SMILES string of the molecule is CNC(=O)O[C@@H](C)/C=C\C(=O)N[C@H]1CO[C@@H](C/C=C(C)/C=C/C2CC3(CC3)CC(C)(C)O2)OC1. The Morgan fingerprint density at radius 2 is 1.88 bits per heavy atom. The average Bonchev–Trinajstić information content (AvgIpc) is 3.51. The first kappa shape index (κ1) is 26.4. The van der Waals surface area contributed by atoms with E-state index in [1.165, 1.54) is 38.5 Å². The first-order valence-corrected chi connectivity index (χ1v) is 12.2. The molecule has 0 aromatic heterocycles. The van der Waals surface area contributed by atoms with Crippen LogP contribution >= 0.6 is 0 Å². The Hall–Kier alpha value is -2.16. The number of hydrogen-bond acceptors (Lipinski definition) is 6. The summed E-state index contributed by atoms with van der Waals surface area (Å²) in [7, 11) is 1.48. The van der Waals surface area contributed by atoms with Crippen LogP contribution in [0.25, 0.3) is 0 Å². The minimum atomic E-state index is -0.546. The maximum absolute atomic E-state index is 12.1. The van der Waals surface area contributed by atoms with E-state index < -0.39 is 12.2 Å². The van der Waals surface area contributed by atoms with Crippen LogP contribution in [0.2, 0.25) is 0 Å². The van der Waals surface area contributed by atoms with Gasteiger partial charge in [0.2, 0.25) is 5.91 Å². The van der Waals surface area contributed by atoms with Gasteiger partial charge in [0.1, 0.15) is 6.10 Å². The molecule has 0 radical (unpaired) electrons. The summed E-state index contributed by atoms with van der Waals surface area (Å²) in [6, 6.07) is -0.227. The summed E-state index contributed by atoms with van der Waals surface area (Å²) in [6.45, 7) is 8.90. The molecule has 2 atom stereocenters. The molecule has 8 heteroatoms. The largest absolute Gasteiger partial charge is 0.442 e. The molecule has 1 unspecified atom stereocenters. The van der Waals surface area contributed by atoms with E-state index in [2.05, 4.69) is 49.6 Å². The number of hydrogen-bond donors (Lipinski definition) is 2. The molecule has 2 N–H and O–H groups in total. The van der Waals surface area contributed by atoms with Crippen molar-refractivity contribution in [2.75, 3.05) is 20.3 Å². The first-order chi connectivity index (χ1) is 16.1. The van der Waals surface area contributed by atoms with Gasteiger partial charge in [-0.1, -0.05) is 23.8 Å². The zero-order chi connectivity index (χ0) is 24.8. The van der Waals surface area contributed by atoms with Crippen LogP contribution in [0.5, 0.6) is 0 Å². The molecule has 2 amide bonds. The van der Waals surface area contributed by atoms with E-state index in [0.29, 0.717) is 25.0 Å². The van der Waals surface area contributed by atoms with Gasteiger partial charge in [0, 0.05) is 19.5 Å². The molecule has 1 aliphatic carbocycles. The Kier molecular flexibility index (Phi) is 8.95. The number of ether oxygens (including phenoxy) is 4. The van der Waals surface area contributed by atoms with Crippen LogP contribution in [0.1, 0.15) is 59.8 Å². The fourth-order valence-corrected chi connectivity index (χ4v) is 4.67. The summed E-state index contributed by atoms with van der Waals surface area (Å²) in [5.74, 6) is -0.287. The lowest BCUT2D eigenvalue weighted by Crippen LogP contribution is -2.46. The van der Waals surface area contributed by atoms with E-state index in [1.807, 2.05) is 0 Å². The molecule has 2 saturated heterocycles. The molecule has 3 fully saturated rings. The highest BCUT2D eigenvalue weighted by molar-refractivity contribution is 5.87. The monoisotopic (exact) mass is 476 g/mol. The second kappa shape index (κ2) is 11.5. The topological polar surface area (TPSA) is 95.1 Å². The first-order valence-electron chi connectivity index (χ1n) is 12.2. The second-order valence-electron chi connectivity index (χ2n) is 10.4. The molecule has 34 heavy (non-hydrogen) atoms. The summed E-state index contributed by atoms with van der Waals surface area (Å²) < 4.78 is 22.8. The van der Waals surface area contributed by atoms with Crippen LogP contribution in [0.15, 0.2) is 36.0 Å². The number of amides is 2. The number of rotatable bonds is 8. The highest BCUT2D eigenvalue weighted by Crippen LogP contribution is 2.58. The third-order valence-corrected chi connectivity index (χ3v) is 6.40. The van der Waals surface area contributed by atoms with Gasteiger partial charge in [0.25, 0.3) is 0 Å². The van der Waals surface area contributed by atoms with E-state index in [1.54, 1.807) is 6.92 Å². The van der Waals surface area contributed by atoms with Crippen molar-refractivity contribution < 1.29 is 28.5 Å². The molecule has 3 aliphatic rings. The molecule has 1 saturated carbocycles. The highest BCUT2D eigenvalue weighted by atomic mass is 16.7. The van der Waals surface area contributed by atoms with Crippen LogP contribution in [-0.4, -0.2) is 62.4 Å². The zero-order valence-corrected chi connectivity index (χ0v) is 21.1. The van der Waals surface area contributed by atoms with E-state index in [4.69, 9.17) is 18.9 Å². The summed E-state index contributed by atoms with van der Waals surface area (Å²) in [4.78, 5) is 23.2. The minimum Gasteiger partial charge on any atom is -0.442 e. The van der Waals surface area contributed by atoms with Gasteiger partial charge in [-0.25, -0.2) is 4.79 Å². The standard InChI is InChI=1S/C26H40N2O6/c1-18(6-9-21-14-26(12-13-26)17-25(3,4)34-21)7-11-23-31-15-20(16-32-23)28-22(29)10-8-19(2)33-24(30)27-5/h6-10,19-21,23H,11-17H2,1-5H3,(H,27,30)(H,28,29)/b9-6+,10-8-,18-7+/t19-,20-,21?,23+/m0/s1. The molecule has 1 spiro atoms. The number of carbonyl (C=O) groups excluding carboxylic acids is 2. The Labute approximate surface area is 203 Å². The van der Waals surface area contributed by atoms with Crippen molar-refractivity contribution in [2.45, 2.75) is 89.9 Å². The Bertz CT molecular complexity index is 800. The van der Waals surface area contributed by atoms with E-state index >= 15 is 0 Å². The molecule has 0 aromatic carbocycles. The molecular weight excluding hydrogens is 436 g/mol. The van der Waals surface area contributed by atoms with E-state index in [-0.39, 0.29) is 29.9 Å². The van der Waals surface area contributed by atoms with Crippen LogP contribution in [-0.2, 0) is 23.7 Å². The van der Waals surface area contributed by atoms with Crippen molar-refractivity contribution in [1.82, 2.24) is 10.6 Å². The molecule has 2 heterocycles.